The molecule has 0 aromatic heterocycles. The second-order valence-electron chi connectivity index (χ2n) is 4.26. The average molecular weight is 182 g/mol. The average Bonchev–Trinajstić information content (AvgIpc) is 1.82. The summed E-state index contributed by atoms with van der Waals surface area (Å²) < 4.78 is 35.5. The largest absolute Gasteiger partial charge is 0.389 e. The molecule has 0 saturated heterocycles. The van der Waals surface area contributed by atoms with E-state index >= 15 is 0 Å². The van der Waals surface area contributed by atoms with Gasteiger partial charge in [-0.25, -0.2) is 0 Å². The van der Waals surface area contributed by atoms with Crippen LogP contribution in [0.2, 0.25) is 0 Å². The first kappa shape index (κ1) is 11.8. The van der Waals surface area contributed by atoms with Gasteiger partial charge >= 0.3 is 6.18 Å². The highest BCUT2D eigenvalue weighted by Gasteiger charge is 2.32. The van der Waals surface area contributed by atoms with Crippen molar-refractivity contribution in [2.75, 3.05) is 0 Å². The Hall–Kier alpha value is -0.210. The van der Waals surface area contributed by atoms with Crippen LogP contribution in [0.25, 0.3) is 0 Å². The maximum Gasteiger partial charge on any atom is 0.389 e. The summed E-state index contributed by atoms with van der Waals surface area (Å²) in [6.45, 7) is 7.67. The van der Waals surface area contributed by atoms with Gasteiger partial charge < -0.3 is 0 Å². The quantitative estimate of drug-likeness (QED) is 0.618. The van der Waals surface area contributed by atoms with Crippen molar-refractivity contribution in [3.63, 3.8) is 0 Å². The molecule has 3 heteroatoms. The predicted octanol–water partition coefficient (Wildman–Crippen LogP) is 4.01. The molecule has 0 atom stereocenters. The summed E-state index contributed by atoms with van der Waals surface area (Å²) in [5, 5.41) is 0. The smallest absolute Gasteiger partial charge is 0.171 e. The second-order valence-corrected chi connectivity index (χ2v) is 4.26. The summed E-state index contributed by atoms with van der Waals surface area (Å²) in [7, 11) is 0. The lowest BCUT2D eigenvalue weighted by molar-refractivity contribution is -0.141. The highest BCUT2D eigenvalue weighted by molar-refractivity contribution is 4.73. The van der Waals surface area contributed by atoms with Crippen molar-refractivity contribution in [1.82, 2.24) is 0 Å². The zero-order valence-corrected chi connectivity index (χ0v) is 8.13. The highest BCUT2D eigenvalue weighted by Crippen LogP contribution is 2.35. The van der Waals surface area contributed by atoms with Crippen molar-refractivity contribution < 1.29 is 13.2 Å². The summed E-state index contributed by atoms with van der Waals surface area (Å²) in [5.74, 6) is 0.292. The van der Waals surface area contributed by atoms with Gasteiger partial charge in [0.15, 0.2) is 0 Å². The normalized spacial score (nSPS) is 14.0. The molecular weight excluding hydrogens is 165 g/mol. The molecule has 0 fully saturated rings. The van der Waals surface area contributed by atoms with Crippen LogP contribution < -0.4 is 0 Å². The summed E-state index contributed by atoms with van der Waals surface area (Å²) >= 11 is 0. The third-order valence-corrected chi connectivity index (χ3v) is 2.62. The summed E-state index contributed by atoms with van der Waals surface area (Å²) in [6.07, 6.45) is -4.46. The Bertz CT molecular complexity index is 133. The molecule has 0 spiro atoms. The van der Waals surface area contributed by atoms with E-state index in [9.17, 15) is 13.2 Å². The van der Waals surface area contributed by atoms with Gasteiger partial charge in [0.05, 0.1) is 0 Å². The monoisotopic (exact) mass is 182 g/mol. The SMILES string of the molecule is CC(C)C(C)(C)CCC(F)(F)F. The van der Waals surface area contributed by atoms with Gasteiger partial charge in [0.1, 0.15) is 0 Å². The standard InChI is InChI=1S/C9H17F3/c1-7(2)8(3,4)5-6-9(10,11)12/h7H,5-6H2,1-4H3. The molecule has 0 bridgehead atoms. The number of alkyl halides is 3. The number of halogens is 3. The molecule has 12 heavy (non-hydrogen) atoms. The lowest BCUT2D eigenvalue weighted by atomic mass is 9.77. The van der Waals surface area contributed by atoms with Crippen molar-refractivity contribution >= 4 is 0 Å². The molecule has 0 aliphatic rings. The molecule has 0 nitrogen and oxygen atoms in total. The molecule has 0 N–H and O–H groups in total. The van der Waals surface area contributed by atoms with E-state index in [1.165, 1.54) is 0 Å². The van der Waals surface area contributed by atoms with Gasteiger partial charge in [-0.15, -0.1) is 0 Å². The van der Waals surface area contributed by atoms with E-state index in [-0.39, 0.29) is 11.8 Å². The van der Waals surface area contributed by atoms with Crippen LogP contribution in [0.15, 0.2) is 0 Å². The third-order valence-electron chi connectivity index (χ3n) is 2.62. The van der Waals surface area contributed by atoms with E-state index in [1.807, 2.05) is 27.7 Å². The van der Waals surface area contributed by atoms with Crippen LogP contribution in [-0.2, 0) is 0 Å². The minimum Gasteiger partial charge on any atom is -0.171 e. The van der Waals surface area contributed by atoms with Crippen LogP contribution in [0.5, 0.6) is 0 Å². The van der Waals surface area contributed by atoms with E-state index in [4.69, 9.17) is 0 Å². The summed E-state index contributed by atoms with van der Waals surface area (Å²) in [5.41, 5.74) is -0.213. The first-order chi connectivity index (χ1) is 5.15. The van der Waals surface area contributed by atoms with E-state index in [1.54, 1.807) is 0 Å². The summed E-state index contributed by atoms with van der Waals surface area (Å²) in [6, 6.07) is 0. The molecule has 0 heterocycles. The fraction of sp³-hybridized carbons (Fsp3) is 1.00. The van der Waals surface area contributed by atoms with Gasteiger partial charge in [-0.1, -0.05) is 27.7 Å². The van der Waals surface area contributed by atoms with Gasteiger partial charge in [-0.05, 0) is 17.8 Å². The Morgan fingerprint density at radius 1 is 1.00 bits per heavy atom. The van der Waals surface area contributed by atoms with Crippen LogP contribution in [0.1, 0.15) is 40.5 Å². The van der Waals surface area contributed by atoms with E-state index < -0.39 is 12.6 Å². The van der Waals surface area contributed by atoms with Crippen molar-refractivity contribution in [2.45, 2.75) is 46.7 Å². The molecular formula is C9H17F3. The van der Waals surface area contributed by atoms with E-state index in [0.717, 1.165) is 0 Å². The minimum atomic E-state index is -4.01. The molecule has 0 rings (SSSR count). The zero-order chi connectivity index (χ0) is 9.99. The Balaban J connectivity index is 3.93. The molecule has 0 amide bonds. The van der Waals surface area contributed by atoms with Crippen LogP contribution >= 0.6 is 0 Å². The van der Waals surface area contributed by atoms with E-state index in [2.05, 4.69) is 0 Å². The topological polar surface area (TPSA) is 0 Å². The van der Waals surface area contributed by atoms with Gasteiger partial charge in [0, 0.05) is 6.42 Å². The number of hydrogen-bond donors (Lipinski definition) is 0. The van der Waals surface area contributed by atoms with Crippen LogP contribution in [0.4, 0.5) is 13.2 Å². The predicted molar refractivity (Wildman–Crippen MR) is 43.9 cm³/mol. The summed E-state index contributed by atoms with van der Waals surface area (Å²) in [4.78, 5) is 0. The molecule has 0 aromatic carbocycles. The molecule has 0 radical (unpaired) electrons. The van der Waals surface area contributed by atoms with Gasteiger partial charge in [0.2, 0.25) is 0 Å². The number of rotatable bonds is 3. The first-order valence-electron chi connectivity index (χ1n) is 4.22. The Labute approximate surface area is 72.2 Å². The maximum atomic E-state index is 11.8. The van der Waals surface area contributed by atoms with Crippen molar-refractivity contribution in [1.29, 1.82) is 0 Å². The lowest BCUT2D eigenvalue weighted by Crippen LogP contribution is -2.22. The molecule has 0 aliphatic carbocycles. The third kappa shape index (κ3) is 4.62. The minimum absolute atomic E-state index is 0.213. The van der Waals surface area contributed by atoms with Crippen molar-refractivity contribution in [3.8, 4) is 0 Å². The second kappa shape index (κ2) is 3.67. The molecule has 0 unspecified atom stereocenters. The van der Waals surface area contributed by atoms with Crippen molar-refractivity contribution in [3.05, 3.63) is 0 Å². The highest BCUT2D eigenvalue weighted by atomic mass is 19.4. The first-order valence-corrected chi connectivity index (χ1v) is 4.22. The van der Waals surface area contributed by atoms with Gasteiger partial charge in [-0.2, -0.15) is 13.2 Å². The lowest BCUT2D eigenvalue weighted by Gasteiger charge is -2.29. The molecule has 0 aliphatic heterocycles. The van der Waals surface area contributed by atoms with Crippen LogP contribution in [-0.4, -0.2) is 6.18 Å². The number of hydrogen-bond acceptors (Lipinski definition) is 0. The van der Waals surface area contributed by atoms with Gasteiger partial charge in [0.25, 0.3) is 0 Å². The van der Waals surface area contributed by atoms with Crippen LogP contribution in [0.3, 0.4) is 0 Å². The Morgan fingerprint density at radius 3 is 1.67 bits per heavy atom. The van der Waals surface area contributed by atoms with Gasteiger partial charge in [-0.3, -0.25) is 0 Å². The fourth-order valence-electron chi connectivity index (χ4n) is 0.753. The zero-order valence-electron chi connectivity index (χ0n) is 8.13. The molecule has 0 saturated carbocycles. The molecule has 0 aromatic rings. The van der Waals surface area contributed by atoms with Crippen LogP contribution in [0, 0.1) is 11.3 Å². The fourth-order valence-corrected chi connectivity index (χ4v) is 0.753. The van der Waals surface area contributed by atoms with E-state index in [0.29, 0.717) is 5.92 Å². The molecule has 74 valence electrons. The Morgan fingerprint density at radius 2 is 1.42 bits per heavy atom. The Kier molecular flexibility index (Phi) is 3.60. The van der Waals surface area contributed by atoms with Crippen molar-refractivity contribution in [2.24, 2.45) is 11.3 Å². The maximum absolute atomic E-state index is 11.8.